The van der Waals surface area contributed by atoms with Crippen LogP contribution < -0.4 is 20.9 Å². The predicted octanol–water partition coefficient (Wildman–Crippen LogP) is 2.29. The van der Waals surface area contributed by atoms with Crippen molar-refractivity contribution in [1.29, 1.82) is 0 Å². The molecular formula is C18H18ClN3O3S. The normalized spacial score (nSPS) is 9.92. The van der Waals surface area contributed by atoms with Crippen LogP contribution in [-0.2, 0) is 16.0 Å². The topological polar surface area (TPSA) is 79.5 Å². The highest BCUT2D eigenvalue weighted by atomic mass is 35.5. The van der Waals surface area contributed by atoms with Crippen molar-refractivity contribution in [3.63, 3.8) is 0 Å². The Kier molecular flexibility index (Phi) is 7.37. The summed E-state index contributed by atoms with van der Waals surface area (Å²) in [4.78, 5) is 23.6. The number of hydrogen-bond donors (Lipinski definition) is 3. The quantitative estimate of drug-likeness (QED) is 0.538. The number of benzene rings is 2. The number of hydrazine groups is 1. The zero-order valence-electron chi connectivity index (χ0n) is 14.0. The Labute approximate surface area is 161 Å². The van der Waals surface area contributed by atoms with Gasteiger partial charge in [-0.15, -0.1) is 0 Å². The molecule has 0 spiro atoms. The highest BCUT2D eigenvalue weighted by Gasteiger charge is 2.08. The molecule has 0 saturated heterocycles. The van der Waals surface area contributed by atoms with Crippen molar-refractivity contribution in [2.24, 2.45) is 0 Å². The number of carbonyl (C=O) groups is 2. The lowest BCUT2D eigenvalue weighted by atomic mass is 10.1. The number of ether oxygens (including phenoxy) is 1. The monoisotopic (exact) mass is 391 g/mol. The van der Waals surface area contributed by atoms with E-state index in [0.29, 0.717) is 10.8 Å². The van der Waals surface area contributed by atoms with Crippen molar-refractivity contribution in [2.45, 2.75) is 13.3 Å². The largest absolute Gasteiger partial charge is 0.483 e. The third kappa shape index (κ3) is 6.70. The van der Waals surface area contributed by atoms with Gasteiger partial charge in [-0.25, -0.2) is 0 Å². The SMILES string of the molecule is Cc1cc(Cl)ccc1OCC(=O)NNC(=S)NC(=O)Cc1ccccc1. The van der Waals surface area contributed by atoms with Gasteiger partial charge < -0.3 is 10.1 Å². The minimum Gasteiger partial charge on any atom is -0.483 e. The Balaban J connectivity index is 1.69. The van der Waals surface area contributed by atoms with Gasteiger partial charge in [-0.1, -0.05) is 41.9 Å². The Morgan fingerprint density at radius 2 is 1.81 bits per heavy atom. The molecule has 2 amide bonds. The molecule has 0 fully saturated rings. The van der Waals surface area contributed by atoms with E-state index in [1.807, 2.05) is 37.3 Å². The summed E-state index contributed by atoms with van der Waals surface area (Å²) in [6, 6.07) is 14.4. The summed E-state index contributed by atoms with van der Waals surface area (Å²) in [6.07, 6.45) is 0.190. The van der Waals surface area contributed by atoms with Gasteiger partial charge in [0.05, 0.1) is 6.42 Å². The molecule has 0 bridgehead atoms. The Morgan fingerprint density at radius 3 is 2.50 bits per heavy atom. The maximum absolute atomic E-state index is 11.9. The lowest BCUT2D eigenvalue weighted by Crippen LogP contribution is -2.49. The van der Waals surface area contributed by atoms with Crippen LogP contribution in [-0.4, -0.2) is 23.5 Å². The Bertz CT molecular complexity index is 800. The summed E-state index contributed by atoms with van der Waals surface area (Å²) in [5.41, 5.74) is 6.50. The summed E-state index contributed by atoms with van der Waals surface area (Å²) in [7, 11) is 0. The maximum Gasteiger partial charge on any atom is 0.276 e. The average Bonchev–Trinajstić information content (AvgIpc) is 2.60. The van der Waals surface area contributed by atoms with Gasteiger partial charge in [-0.2, -0.15) is 0 Å². The number of rotatable bonds is 5. The fraction of sp³-hybridized carbons (Fsp3) is 0.167. The average molecular weight is 392 g/mol. The van der Waals surface area contributed by atoms with Gasteiger partial charge in [0.2, 0.25) is 5.91 Å². The van der Waals surface area contributed by atoms with E-state index in [1.165, 1.54) is 0 Å². The highest BCUT2D eigenvalue weighted by Crippen LogP contribution is 2.21. The molecule has 136 valence electrons. The predicted molar refractivity (Wildman–Crippen MR) is 104 cm³/mol. The number of halogens is 1. The van der Waals surface area contributed by atoms with Crippen LogP contribution >= 0.6 is 23.8 Å². The van der Waals surface area contributed by atoms with E-state index >= 15 is 0 Å². The van der Waals surface area contributed by atoms with Crippen LogP contribution in [0.4, 0.5) is 0 Å². The van der Waals surface area contributed by atoms with Gasteiger partial charge in [0.25, 0.3) is 5.91 Å². The third-order valence-electron chi connectivity index (χ3n) is 3.27. The number of amides is 2. The van der Waals surface area contributed by atoms with E-state index in [2.05, 4.69) is 16.2 Å². The molecule has 0 aliphatic rings. The van der Waals surface area contributed by atoms with Crippen molar-refractivity contribution < 1.29 is 14.3 Å². The molecule has 3 N–H and O–H groups in total. The van der Waals surface area contributed by atoms with Crippen molar-refractivity contribution in [2.75, 3.05) is 6.61 Å². The van der Waals surface area contributed by atoms with Crippen molar-refractivity contribution in [3.05, 3.63) is 64.7 Å². The van der Waals surface area contributed by atoms with Gasteiger partial charge >= 0.3 is 0 Å². The number of hydrogen-bond acceptors (Lipinski definition) is 4. The lowest BCUT2D eigenvalue weighted by molar-refractivity contribution is -0.124. The molecule has 0 aliphatic carbocycles. The summed E-state index contributed by atoms with van der Waals surface area (Å²) in [5, 5.41) is 3.08. The molecule has 2 aromatic rings. The first-order valence-corrected chi connectivity index (χ1v) is 8.54. The van der Waals surface area contributed by atoms with Gasteiger partial charge in [0, 0.05) is 5.02 Å². The smallest absolute Gasteiger partial charge is 0.276 e. The second-order valence-electron chi connectivity index (χ2n) is 5.41. The highest BCUT2D eigenvalue weighted by molar-refractivity contribution is 7.80. The first-order valence-electron chi connectivity index (χ1n) is 7.75. The number of carbonyl (C=O) groups excluding carboxylic acids is 2. The second kappa shape index (κ2) is 9.74. The maximum atomic E-state index is 11.9. The third-order valence-corrected chi connectivity index (χ3v) is 3.71. The van der Waals surface area contributed by atoms with Crippen molar-refractivity contribution in [3.8, 4) is 5.75 Å². The van der Waals surface area contributed by atoms with E-state index in [4.69, 9.17) is 28.6 Å². The molecule has 0 saturated carbocycles. The molecular weight excluding hydrogens is 374 g/mol. The van der Waals surface area contributed by atoms with E-state index in [0.717, 1.165) is 11.1 Å². The van der Waals surface area contributed by atoms with E-state index < -0.39 is 5.91 Å². The summed E-state index contributed by atoms with van der Waals surface area (Å²) < 4.78 is 5.40. The van der Waals surface area contributed by atoms with E-state index in [9.17, 15) is 9.59 Å². The van der Waals surface area contributed by atoms with Crippen LogP contribution in [0.2, 0.25) is 5.02 Å². The molecule has 2 aromatic carbocycles. The molecule has 0 unspecified atom stereocenters. The fourth-order valence-electron chi connectivity index (χ4n) is 2.06. The second-order valence-corrected chi connectivity index (χ2v) is 6.26. The van der Waals surface area contributed by atoms with Crippen LogP contribution in [0.3, 0.4) is 0 Å². The summed E-state index contributed by atoms with van der Waals surface area (Å²) in [5.74, 6) is -0.168. The number of nitrogens with one attached hydrogen (secondary N) is 3. The zero-order chi connectivity index (χ0) is 18.9. The molecule has 0 heterocycles. The van der Waals surface area contributed by atoms with E-state index in [-0.39, 0.29) is 24.0 Å². The van der Waals surface area contributed by atoms with Crippen molar-refractivity contribution >= 4 is 40.7 Å². The van der Waals surface area contributed by atoms with Crippen LogP contribution in [0, 0.1) is 6.92 Å². The molecule has 8 heteroatoms. The number of aryl methyl sites for hydroxylation is 1. The van der Waals surface area contributed by atoms with Crippen LogP contribution in [0.25, 0.3) is 0 Å². The summed E-state index contributed by atoms with van der Waals surface area (Å²) in [6.45, 7) is 1.62. The van der Waals surface area contributed by atoms with Crippen molar-refractivity contribution in [1.82, 2.24) is 16.2 Å². The van der Waals surface area contributed by atoms with Crippen LogP contribution in [0.15, 0.2) is 48.5 Å². The number of thiocarbonyl (C=S) groups is 1. The first-order chi connectivity index (χ1) is 12.4. The van der Waals surface area contributed by atoms with Crippen LogP contribution in [0.1, 0.15) is 11.1 Å². The molecule has 0 aliphatic heterocycles. The van der Waals surface area contributed by atoms with Gasteiger partial charge in [-0.05, 0) is 48.5 Å². The Hall–Kier alpha value is -2.64. The Morgan fingerprint density at radius 1 is 1.08 bits per heavy atom. The standard InChI is InChI=1S/C18H18ClN3O3S/c1-12-9-14(19)7-8-15(12)25-11-17(24)21-22-18(26)20-16(23)10-13-5-3-2-4-6-13/h2-9H,10-11H2,1H3,(H,21,24)(H2,20,22,23,26). The van der Waals surface area contributed by atoms with Crippen LogP contribution in [0.5, 0.6) is 5.75 Å². The van der Waals surface area contributed by atoms with Gasteiger partial charge in [0.1, 0.15) is 5.75 Å². The molecule has 6 nitrogen and oxygen atoms in total. The minimum atomic E-state index is -0.445. The lowest BCUT2D eigenvalue weighted by Gasteiger charge is -2.12. The molecule has 0 aromatic heterocycles. The van der Waals surface area contributed by atoms with Gasteiger partial charge in [-0.3, -0.25) is 20.4 Å². The van der Waals surface area contributed by atoms with E-state index in [1.54, 1.807) is 18.2 Å². The molecule has 2 rings (SSSR count). The fourth-order valence-corrected chi connectivity index (χ4v) is 2.46. The molecule has 26 heavy (non-hydrogen) atoms. The first kappa shape index (κ1) is 19.7. The zero-order valence-corrected chi connectivity index (χ0v) is 15.6. The van der Waals surface area contributed by atoms with Gasteiger partial charge in [0.15, 0.2) is 11.7 Å². The minimum absolute atomic E-state index is 0.00181. The summed E-state index contributed by atoms with van der Waals surface area (Å²) >= 11 is 10.8. The molecule has 0 atom stereocenters. The molecule has 0 radical (unpaired) electrons.